The molecule has 1 saturated carbocycles. The van der Waals surface area contributed by atoms with E-state index in [1.807, 2.05) is 14.0 Å². The molecule has 0 aromatic heterocycles. The minimum absolute atomic E-state index is 0.0909. The lowest BCUT2D eigenvalue weighted by Gasteiger charge is -2.28. The van der Waals surface area contributed by atoms with Crippen LogP contribution in [0.15, 0.2) is 18.2 Å². The number of halogens is 1. The topological polar surface area (TPSA) is 21.3 Å². The maximum absolute atomic E-state index is 13.4. The van der Waals surface area contributed by atoms with Gasteiger partial charge in [-0.3, -0.25) is 0 Å². The van der Waals surface area contributed by atoms with Gasteiger partial charge in [-0.2, -0.15) is 0 Å². The van der Waals surface area contributed by atoms with Crippen molar-refractivity contribution in [3.05, 3.63) is 29.6 Å². The van der Waals surface area contributed by atoms with Crippen molar-refractivity contribution in [2.45, 2.75) is 51.7 Å². The highest BCUT2D eigenvalue weighted by Gasteiger charge is 2.21. The van der Waals surface area contributed by atoms with Crippen molar-refractivity contribution in [2.24, 2.45) is 5.92 Å². The highest BCUT2D eigenvalue weighted by Crippen LogP contribution is 2.31. The maximum atomic E-state index is 13.4. The van der Waals surface area contributed by atoms with Gasteiger partial charge >= 0.3 is 0 Å². The first kappa shape index (κ1) is 14.3. The first-order valence-electron chi connectivity index (χ1n) is 7.23. The molecule has 2 rings (SSSR count). The average molecular weight is 265 g/mol. The van der Waals surface area contributed by atoms with E-state index in [1.165, 1.54) is 18.9 Å². The normalized spacial score (nSPS) is 25.1. The molecule has 1 aromatic rings. The molecule has 0 aliphatic heterocycles. The van der Waals surface area contributed by atoms with Crippen molar-refractivity contribution < 1.29 is 9.13 Å². The van der Waals surface area contributed by atoms with Gasteiger partial charge in [-0.15, -0.1) is 0 Å². The van der Waals surface area contributed by atoms with Crippen LogP contribution in [-0.2, 0) is 0 Å². The van der Waals surface area contributed by atoms with Crippen LogP contribution in [0.5, 0.6) is 5.75 Å². The number of benzene rings is 1. The van der Waals surface area contributed by atoms with Crippen molar-refractivity contribution in [1.82, 2.24) is 5.32 Å². The molecule has 1 aliphatic carbocycles. The molecule has 3 heteroatoms. The van der Waals surface area contributed by atoms with E-state index >= 15 is 0 Å². The standard InChI is InChI=1S/C16H24FNO/c1-11-4-7-14(8-5-11)19-16-9-6-13(17)10-15(16)12(2)18-3/h6,9-12,14,18H,4-5,7-8H2,1-3H3. The first-order valence-corrected chi connectivity index (χ1v) is 7.23. The molecule has 0 spiro atoms. The maximum Gasteiger partial charge on any atom is 0.124 e. The van der Waals surface area contributed by atoms with Crippen LogP contribution in [0.2, 0.25) is 0 Å². The summed E-state index contributed by atoms with van der Waals surface area (Å²) in [4.78, 5) is 0. The Hall–Kier alpha value is -1.09. The Bertz CT molecular complexity index is 413. The Morgan fingerprint density at radius 2 is 1.95 bits per heavy atom. The number of nitrogens with one attached hydrogen (secondary N) is 1. The van der Waals surface area contributed by atoms with E-state index in [-0.39, 0.29) is 18.0 Å². The third-order valence-electron chi connectivity index (χ3n) is 4.13. The van der Waals surface area contributed by atoms with Gasteiger partial charge in [0.05, 0.1) is 6.10 Å². The van der Waals surface area contributed by atoms with E-state index in [4.69, 9.17) is 4.74 Å². The number of hydrogen-bond donors (Lipinski definition) is 1. The molecule has 1 atom stereocenters. The molecule has 106 valence electrons. The second-order valence-electron chi connectivity index (χ2n) is 5.69. The van der Waals surface area contributed by atoms with Crippen LogP contribution in [0.25, 0.3) is 0 Å². The summed E-state index contributed by atoms with van der Waals surface area (Å²) in [5.41, 5.74) is 0.904. The van der Waals surface area contributed by atoms with Crippen LogP contribution < -0.4 is 10.1 Å². The van der Waals surface area contributed by atoms with E-state index in [0.29, 0.717) is 0 Å². The van der Waals surface area contributed by atoms with Gasteiger partial charge in [0.1, 0.15) is 11.6 Å². The lowest BCUT2D eigenvalue weighted by Crippen LogP contribution is -2.24. The molecule has 0 saturated heterocycles. The largest absolute Gasteiger partial charge is 0.490 e. The van der Waals surface area contributed by atoms with Crippen LogP contribution in [0, 0.1) is 11.7 Å². The summed E-state index contributed by atoms with van der Waals surface area (Å²) in [6.45, 7) is 4.31. The van der Waals surface area contributed by atoms with Crippen molar-refractivity contribution in [1.29, 1.82) is 0 Å². The number of ether oxygens (including phenoxy) is 1. The highest BCUT2D eigenvalue weighted by atomic mass is 19.1. The Balaban J connectivity index is 2.11. The third kappa shape index (κ3) is 3.69. The molecule has 1 aliphatic rings. The quantitative estimate of drug-likeness (QED) is 0.886. The van der Waals surface area contributed by atoms with Crippen LogP contribution in [-0.4, -0.2) is 13.2 Å². The molecule has 0 radical (unpaired) electrons. The summed E-state index contributed by atoms with van der Waals surface area (Å²) >= 11 is 0. The van der Waals surface area contributed by atoms with E-state index < -0.39 is 0 Å². The number of hydrogen-bond acceptors (Lipinski definition) is 2. The van der Waals surface area contributed by atoms with E-state index in [2.05, 4.69) is 12.2 Å². The Kier molecular flexibility index (Phi) is 4.81. The summed E-state index contributed by atoms with van der Waals surface area (Å²) in [5, 5.41) is 3.15. The van der Waals surface area contributed by atoms with Gasteiger partial charge in [0.2, 0.25) is 0 Å². The van der Waals surface area contributed by atoms with Gasteiger partial charge in [0.25, 0.3) is 0 Å². The third-order valence-corrected chi connectivity index (χ3v) is 4.13. The van der Waals surface area contributed by atoms with Crippen LogP contribution in [0.4, 0.5) is 4.39 Å². The highest BCUT2D eigenvalue weighted by molar-refractivity contribution is 5.36. The van der Waals surface area contributed by atoms with Crippen LogP contribution in [0.3, 0.4) is 0 Å². The molecule has 0 bridgehead atoms. The number of rotatable bonds is 4. The monoisotopic (exact) mass is 265 g/mol. The molecule has 1 N–H and O–H groups in total. The first-order chi connectivity index (χ1) is 9.10. The molecular formula is C16H24FNO. The Labute approximate surface area is 115 Å². The fourth-order valence-electron chi connectivity index (χ4n) is 2.65. The van der Waals surface area contributed by atoms with E-state index in [9.17, 15) is 4.39 Å². The Morgan fingerprint density at radius 1 is 1.26 bits per heavy atom. The molecule has 1 unspecified atom stereocenters. The average Bonchev–Trinajstić information content (AvgIpc) is 2.42. The minimum Gasteiger partial charge on any atom is -0.490 e. The molecule has 1 fully saturated rings. The molecule has 0 heterocycles. The molecule has 2 nitrogen and oxygen atoms in total. The van der Waals surface area contributed by atoms with Gasteiger partial charge in [-0.1, -0.05) is 6.92 Å². The van der Waals surface area contributed by atoms with Gasteiger partial charge < -0.3 is 10.1 Å². The lowest BCUT2D eigenvalue weighted by molar-refractivity contribution is 0.133. The molecular weight excluding hydrogens is 241 g/mol. The van der Waals surface area contributed by atoms with Crippen molar-refractivity contribution in [3.63, 3.8) is 0 Å². The van der Waals surface area contributed by atoms with E-state index in [1.54, 1.807) is 12.1 Å². The minimum atomic E-state index is -0.207. The van der Waals surface area contributed by atoms with Gasteiger partial charge in [0, 0.05) is 11.6 Å². The summed E-state index contributed by atoms with van der Waals surface area (Å²) in [6, 6.07) is 4.90. The van der Waals surface area contributed by atoms with Crippen molar-refractivity contribution in [2.75, 3.05) is 7.05 Å². The smallest absolute Gasteiger partial charge is 0.124 e. The summed E-state index contributed by atoms with van der Waals surface area (Å²) in [6.07, 6.45) is 4.94. The van der Waals surface area contributed by atoms with Gasteiger partial charge in [0.15, 0.2) is 0 Å². The molecule has 0 amide bonds. The van der Waals surface area contributed by atoms with Crippen LogP contribution in [0.1, 0.15) is 51.1 Å². The molecule has 19 heavy (non-hydrogen) atoms. The van der Waals surface area contributed by atoms with Crippen molar-refractivity contribution >= 4 is 0 Å². The predicted molar refractivity (Wildman–Crippen MR) is 75.9 cm³/mol. The van der Waals surface area contributed by atoms with Crippen molar-refractivity contribution in [3.8, 4) is 5.75 Å². The second kappa shape index (κ2) is 6.38. The predicted octanol–water partition coefficient (Wildman–Crippen LogP) is 4.06. The van der Waals surface area contributed by atoms with Gasteiger partial charge in [-0.25, -0.2) is 4.39 Å². The SMILES string of the molecule is CNC(C)c1cc(F)ccc1OC1CCC(C)CC1. The molecule has 1 aromatic carbocycles. The van der Waals surface area contributed by atoms with Crippen LogP contribution >= 0.6 is 0 Å². The second-order valence-corrected chi connectivity index (χ2v) is 5.69. The Morgan fingerprint density at radius 3 is 2.58 bits per heavy atom. The van der Waals surface area contributed by atoms with E-state index in [0.717, 1.165) is 30.1 Å². The zero-order chi connectivity index (χ0) is 13.8. The zero-order valence-electron chi connectivity index (χ0n) is 12.1. The fourth-order valence-corrected chi connectivity index (χ4v) is 2.65. The fraction of sp³-hybridized carbons (Fsp3) is 0.625. The van der Waals surface area contributed by atoms with Gasteiger partial charge in [-0.05, 0) is 63.8 Å². The summed E-state index contributed by atoms with van der Waals surface area (Å²) in [5.74, 6) is 1.42. The lowest BCUT2D eigenvalue weighted by atomic mass is 9.89. The summed E-state index contributed by atoms with van der Waals surface area (Å²) < 4.78 is 19.5. The zero-order valence-corrected chi connectivity index (χ0v) is 12.1. The summed E-state index contributed by atoms with van der Waals surface area (Å²) in [7, 11) is 1.88.